The number of anilines is 1. The van der Waals surface area contributed by atoms with Gasteiger partial charge in [0.1, 0.15) is 0 Å². The van der Waals surface area contributed by atoms with Crippen LogP contribution < -0.4 is 5.32 Å². The highest BCUT2D eigenvalue weighted by Crippen LogP contribution is 2.23. The standard InChI is InChI=1S/C22H20Cl2N2O3S/c1-16-5-4-6-17(13-16)14-26(30(28,29)19-11-9-18(23)10-12-19)15-22(27)25-21-8-3-2-7-20(21)24/h2-13H,14-15H2,1H3,(H,25,27). The van der Waals surface area contributed by atoms with Crippen LogP contribution in [0.3, 0.4) is 0 Å². The van der Waals surface area contributed by atoms with Crippen molar-refractivity contribution in [2.24, 2.45) is 0 Å². The Morgan fingerprint density at radius 1 is 0.967 bits per heavy atom. The summed E-state index contributed by atoms with van der Waals surface area (Å²) in [5.74, 6) is -0.492. The molecule has 0 radical (unpaired) electrons. The van der Waals surface area contributed by atoms with E-state index in [1.54, 1.807) is 24.3 Å². The Balaban J connectivity index is 1.89. The lowest BCUT2D eigenvalue weighted by Crippen LogP contribution is -2.37. The van der Waals surface area contributed by atoms with Crippen molar-refractivity contribution < 1.29 is 13.2 Å². The van der Waals surface area contributed by atoms with Crippen LogP contribution in [0.4, 0.5) is 5.69 Å². The number of para-hydroxylation sites is 1. The van der Waals surface area contributed by atoms with Crippen molar-refractivity contribution in [3.8, 4) is 0 Å². The fourth-order valence-corrected chi connectivity index (χ4v) is 4.60. The summed E-state index contributed by atoms with van der Waals surface area (Å²) in [6.45, 7) is 1.60. The largest absolute Gasteiger partial charge is 0.324 e. The third kappa shape index (κ3) is 5.61. The Morgan fingerprint density at radius 3 is 2.33 bits per heavy atom. The Bertz CT molecular complexity index is 1150. The summed E-state index contributed by atoms with van der Waals surface area (Å²) in [7, 11) is -3.95. The van der Waals surface area contributed by atoms with Crippen LogP contribution in [0.15, 0.2) is 77.7 Å². The summed E-state index contributed by atoms with van der Waals surface area (Å²) < 4.78 is 27.7. The molecular weight excluding hydrogens is 443 g/mol. The lowest BCUT2D eigenvalue weighted by atomic mass is 10.1. The molecular formula is C22H20Cl2N2O3S. The molecule has 0 bridgehead atoms. The predicted octanol–water partition coefficient (Wildman–Crippen LogP) is 5.13. The molecule has 0 aliphatic carbocycles. The highest BCUT2D eigenvalue weighted by atomic mass is 35.5. The molecule has 0 saturated carbocycles. The number of nitrogens with one attached hydrogen (secondary N) is 1. The average Bonchev–Trinajstić information content (AvgIpc) is 2.69. The zero-order valence-corrected chi connectivity index (χ0v) is 18.5. The lowest BCUT2D eigenvalue weighted by molar-refractivity contribution is -0.116. The van der Waals surface area contributed by atoms with Gasteiger partial charge in [0.2, 0.25) is 15.9 Å². The first-order chi connectivity index (χ1) is 14.3. The molecule has 1 N–H and O–H groups in total. The SMILES string of the molecule is Cc1cccc(CN(CC(=O)Nc2ccccc2Cl)S(=O)(=O)c2ccc(Cl)cc2)c1. The summed E-state index contributed by atoms with van der Waals surface area (Å²) >= 11 is 12.0. The minimum Gasteiger partial charge on any atom is -0.324 e. The maximum Gasteiger partial charge on any atom is 0.243 e. The number of hydrogen-bond donors (Lipinski definition) is 1. The Hall–Kier alpha value is -2.38. The van der Waals surface area contributed by atoms with Gasteiger partial charge in [-0.2, -0.15) is 4.31 Å². The number of hydrogen-bond acceptors (Lipinski definition) is 3. The summed E-state index contributed by atoms with van der Waals surface area (Å²) in [5.41, 5.74) is 2.19. The van der Waals surface area contributed by atoms with Crippen LogP contribution in [0.25, 0.3) is 0 Å². The van der Waals surface area contributed by atoms with Gasteiger partial charge in [-0.15, -0.1) is 0 Å². The zero-order valence-electron chi connectivity index (χ0n) is 16.2. The van der Waals surface area contributed by atoms with E-state index in [-0.39, 0.29) is 18.0 Å². The lowest BCUT2D eigenvalue weighted by Gasteiger charge is -2.22. The number of nitrogens with zero attached hydrogens (tertiary/aromatic N) is 1. The molecule has 8 heteroatoms. The number of sulfonamides is 1. The number of aryl methyl sites for hydroxylation is 1. The van der Waals surface area contributed by atoms with Gasteiger partial charge in [0, 0.05) is 11.6 Å². The molecule has 3 aromatic rings. The van der Waals surface area contributed by atoms with Crippen LogP contribution >= 0.6 is 23.2 Å². The van der Waals surface area contributed by atoms with Gasteiger partial charge in [0.05, 0.1) is 22.2 Å². The summed E-state index contributed by atoms with van der Waals surface area (Å²) in [6.07, 6.45) is 0. The zero-order chi connectivity index (χ0) is 21.7. The van der Waals surface area contributed by atoms with Gasteiger partial charge in [0.15, 0.2) is 0 Å². The first kappa shape index (κ1) is 22.3. The van der Waals surface area contributed by atoms with Gasteiger partial charge in [-0.05, 0) is 48.9 Å². The monoisotopic (exact) mass is 462 g/mol. The highest BCUT2D eigenvalue weighted by molar-refractivity contribution is 7.89. The second kappa shape index (κ2) is 9.62. The van der Waals surface area contributed by atoms with Crippen LogP contribution in [0.1, 0.15) is 11.1 Å². The van der Waals surface area contributed by atoms with Gasteiger partial charge in [-0.1, -0.05) is 65.2 Å². The van der Waals surface area contributed by atoms with Gasteiger partial charge in [0.25, 0.3) is 0 Å². The van der Waals surface area contributed by atoms with Gasteiger partial charge in [-0.25, -0.2) is 8.42 Å². The quantitative estimate of drug-likeness (QED) is 0.528. The van der Waals surface area contributed by atoms with Crippen molar-refractivity contribution in [3.05, 3.63) is 94.0 Å². The molecule has 0 unspecified atom stereocenters. The van der Waals surface area contributed by atoms with Crippen molar-refractivity contribution in [1.29, 1.82) is 0 Å². The highest BCUT2D eigenvalue weighted by Gasteiger charge is 2.27. The fraction of sp³-hybridized carbons (Fsp3) is 0.136. The second-order valence-corrected chi connectivity index (χ2v) is 9.53. The number of carbonyl (C=O) groups is 1. The van der Waals surface area contributed by atoms with E-state index in [1.807, 2.05) is 31.2 Å². The predicted molar refractivity (Wildman–Crippen MR) is 120 cm³/mol. The number of halogens is 2. The maximum atomic E-state index is 13.3. The molecule has 5 nitrogen and oxygen atoms in total. The van der Waals surface area contributed by atoms with E-state index in [1.165, 1.54) is 24.3 Å². The molecule has 0 aliphatic rings. The Labute approximate surface area is 186 Å². The van der Waals surface area contributed by atoms with E-state index in [0.29, 0.717) is 15.7 Å². The molecule has 30 heavy (non-hydrogen) atoms. The van der Waals surface area contributed by atoms with E-state index in [0.717, 1.165) is 15.4 Å². The van der Waals surface area contributed by atoms with Gasteiger partial charge < -0.3 is 5.32 Å². The third-order valence-corrected chi connectivity index (χ3v) is 6.75. The molecule has 0 saturated heterocycles. The Morgan fingerprint density at radius 2 is 1.67 bits per heavy atom. The first-order valence-electron chi connectivity index (χ1n) is 9.11. The van der Waals surface area contributed by atoms with E-state index < -0.39 is 15.9 Å². The minimum absolute atomic E-state index is 0.0442. The second-order valence-electron chi connectivity index (χ2n) is 6.74. The fourth-order valence-electron chi connectivity index (χ4n) is 2.91. The molecule has 0 spiro atoms. The van der Waals surface area contributed by atoms with Crippen LogP contribution in [0.5, 0.6) is 0 Å². The molecule has 1 amide bonds. The van der Waals surface area contributed by atoms with E-state index in [9.17, 15) is 13.2 Å². The first-order valence-corrected chi connectivity index (χ1v) is 11.3. The summed E-state index contributed by atoms with van der Waals surface area (Å²) in [4.78, 5) is 12.7. The molecule has 0 aromatic heterocycles. The molecule has 0 atom stereocenters. The smallest absolute Gasteiger partial charge is 0.243 e. The topological polar surface area (TPSA) is 66.5 Å². The van der Waals surface area contributed by atoms with Gasteiger partial charge >= 0.3 is 0 Å². The van der Waals surface area contributed by atoms with Crippen molar-refractivity contribution in [3.63, 3.8) is 0 Å². The molecule has 0 aliphatic heterocycles. The molecule has 3 aromatic carbocycles. The van der Waals surface area contributed by atoms with Crippen molar-refractivity contribution in [2.75, 3.05) is 11.9 Å². The van der Waals surface area contributed by atoms with Crippen molar-refractivity contribution in [1.82, 2.24) is 4.31 Å². The minimum atomic E-state index is -3.95. The average molecular weight is 463 g/mol. The normalized spacial score (nSPS) is 11.5. The molecule has 3 rings (SSSR count). The van der Waals surface area contributed by atoms with Crippen molar-refractivity contribution in [2.45, 2.75) is 18.4 Å². The summed E-state index contributed by atoms with van der Waals surface area (Å²) in [5, 5.41) is 3.47. The molecule has 0 fully saturated rings. The number of benzene rings is 3. The van der Waals surface area contributed by atoms with E-state index in [2.05, 4.69) is 5.32 Å². The van der Waals surface area contributed by atoms with Crippen molar-refractivity contribution >= 4 is 44.8 Å². The number of carbonyl (C=O) groups excluding carboxylic acids is 1. The van der Waals surface area contributed by atoms with Crippen LogP contribution in [0.2, 0.25) is 10.0 Å². The van der Waals surface area contributed by atoms with E-state index in [4.69, 9.17) is 23.2 Å². The van der Waals surface area contributed by atoms with Gasteiger partial charge in [-0.3, -0.25) is 4.79 Å². The molecule has 156 valence electrons. The third-order valence-electron chi connectivity index (χ3n) is 4.36. The number of rotatable bonds is 7. The summed E-state index contributed by atoms with van der Waals surface area (Å²) in [6, 6.07) is 20.1. The van der Waals surface area contributed by atoms with Crippen LogP contribution in [-0.2, 0) is 21.4 Å². The number of amides is 1. The van der Waals surface area contributed by atoms with Crippen LogP contribution in [-0.4, -0.2) is 25.2 Å². The molecule has 0 heterocycles. The Kier molecular flexibility index (Phi) is 7.15. The maximum absolute atomic E-state index is 13.3. The van der Waals surface area contributed by atoms with Crippen LogP contribution in [0, 0.1) is 6.92 Å². The van der Waals surface area contributed by atoms with E-state index >= 15 is 0 Å².